The lowest BCUT2D eigenvalue weighted by Crippen LogP contribution is -2.20. The van der Waals surface area contributed by atoms with Crippen LogP contribution in [-0.4, -0.2) is 47.4 Å². The average Bonchev–Trinajstić information content (AvgIpc) is 3.23. The SMILES string of the molecule is CN(C)CC(O)c1ccc2[nH]c3cc(-c4ccccc4Cl)c4c(c3c2c1)C(=O)NC4=O. The molecule has 0 aliphatic carbocycles. The number of imide groups is 1. The van der Waals surface area contributed by atoms with Crippen molar-refractivity contribution < 1.29 is 14.7 Å². The highest BCUT2D eigenvalue weighted by Crippen LogP contribution is 2.41. The molecule has 31 heavy (non-hydrogen) atoms. The van der Waals surface area contributed by atoms with E-state index in [9.17, 15) is 14.7 Å². The summed E-state index contributed by atoms with van der Waals surface area (Å²) in [5, 5.41) is 15.0. The van der Waals surface area contributed by atoms with Crippen LogP contribution in [0.5, 0.6) is 0 Å². The highest BCUT2D eigenvalue weighted by Gasteiger charge is 2.34. The van der Waals surface area contributed by atoms with Gasteiger partial charge in [-0.3, -0.25) is 14.9 Å². The quantitative estimate of drug-likeness (QED) is 0.422. The molecule has 1 atom stereocenters. The van der Waals surface area contributed by atoms with Gasteiger partial charge in [0, 0.05) is 38.9 Å². The number of nitrogens with zero attached hydrogens (tertiary/aromatic N) is 1. The van der Waals surface area contributed by atoms with Crippen LogP contribution in [0.4, 0.5) is 0 Å². The van der Waals surface area contributed by atoms with Crippen LogP contribution in [0.1, 0.15) is 32.4 Å². The third-order valence-corrected chi connectivity index (χ3v) is 6.01. The van der Waals surface area contributed by atoms with Gasteiger partial charge in [-0.05, 0) is 49.5 Å². The van der Waals surface area contributed by atoms with E-state index in [1.807, 2.05) is 61.5 Å². The molecule has 5 rings (SSSR count). The molecular weight excluding hydrogens is 414 g/mol. The average molecular weight is 434 g/mol. The van der Waals surface area contributed by atoms with E-state index in [0.29, 0.717) is 39.2 Å². The Balaban J connectivity index is 1.82. The minimum atomic E-state index is -0.671. The van der Waals surface area contributed by atoms with E-state index in [0.717, 1.165) is 22.0 Å². The van der Waals surface area contributed by atoms with Gasteiger partial charge in [-0.1, -0.05) is 35.9 Å². The Morgan fingerprint density at radius 3 is 2.45 bits per heavy atom. The van der Waals surface area contributed by atoms with Crippen molar-refractivity contribution in [1.82, 2.24) is 15.2 Å². The Kier molecular flexibility index (Phi) is 4.59. The van der Waals surface area contributed by atoms with Crippen LogP contribution in [0.3, 0.4) is 0 Å². The first-order chi connectivity index (χ1) is 14.8. The molecule has 0 fully saturated rings. The molecule has 0 bridgehead atoms. The number of aliphatic hydroxyl groups excluding tert-OH is 1. The third-order valence-electron chi connectivity index (χ3n) is 5.68. The zero-order valence-electron chi connectivity index (χ0n) is 17.0. The molecule has 0 saturated carbocycles. The van der Waals surface area contributed by atoms with Crippen molar-refractivity contribution in [2.75, 3.05) is 20.6 Å². The van der Waals surface area contributed by atoms with Crippen LogP contribution in [0.2, 0.25) is 5.02 Å². The number of aromatic nitrogens is 1. The number of H-pyrrole nitrogens is 1. The lowest BCUT2D eigenvalue weighted by atomic mass is 9.92. The van der Waals surface area contributed by atoms with E-state index >= 15 is 0 Å². The predicted octanol–water partition coefficient (Wildman–Crippen LogP) is 4.12. The highest BCUT2D eigenvalue weighted by molar-refractivity contribution is 6.36. The third kappa shape index (κ3) is 3.11. The summed E-state index contributed by atoms with van der Waals surface area (Å²) in [5.74, 6) is -0.867. The van der Waals surface area contributed by atoms with Gasteiger partial charge in [0.15, 0.2) is 0 Å². The summed E-state index contributed by atoms with van der Waals surface area (Å²) in [6.45, 7) is 0.474. The van der Waals surface area contributed by atoms with Gasteiger partial charge in [-0.15, -0.1) is 0 Å². The number of likely N-dealkylation sites (N-methyl/N-ethyl adjacent to an activating group) is 1. The molecule has 1 aliphatic heterocycles. The number of hydrogen-bond donors (Lipinski definition) is 3. The van der Waals surface area contributed by atoms with Gasteiger partial charge >= 0.3 is 0 Å². The molecule has 4 aromatic rings. The number of aliphatic hydroxyl groups is 1. The van der Waals surface area contributed by atoms with Gasteiger partial charge in [0.05, 0.1) is 17.2 Å². The number of carbonyl (C=O) groups excluding carboxylic acids is 2. The normalized spacial score (nSPS) is 14.5. The molecule has 2 amide bonds. The molecule has 3 N–H and O–H groups in total. The van der Waals surface area contributed by atoms with E-state index in [2.05, 4.69) is 10.3 Å². The first-order valence-electron chi connectivity index (χ1n) is 9.91. The summed E-state index contributed by atoms with van der Waals surface area (Å²) in [7, 11) is 3.79. The second kappa shape index (κ2) is 7.20. The van der Waals surface area contributed by atoms with Crippen LogP contribution < -0.4 is 5.32 Å². The van der Waals surface area contributed by atoms with Gasteiger partial charge in [0.25, 0.3) is 11.8 Å². The van der Waals surface area contributed by atoms with Crippen LogP contribution in [-0.2, 0) is 0 Å². The number of hydrogen-bond acceptors (Lipinski definition) is 4. The van der Waals surface area contributed by atoms with Gasteiger partial charge in [0.1, 0.15) is 0 Å². The Bertz CT molecular complexity index is 1390. The Morgan fingerprint density at radius 2 is 1.71 bits per heavy atom. The molecule has 1 aromatic heterocycles. The Labute approximate surface area is 183 Å². The summed E-state index contributed by atoms with van der Waals surface area (Å²) in [6, 6.07) is 14.8. The number of rotatable bonds is 4. The maximum atomic E-state index is 12.8. The first kappa shape index (κ1) is 19.8. The second-order valence-corrected chi connectivity index (χ2v) is 8.48. The zero-order chi connectivity index (χ0) is 21.9. The molecule has 3 aromatic carbocycles. The van der Waals surface area contributed by atoms with Crippen molar-refractivity contribution in [3.8, 4) is 11.1 Å². The number of nitrogens with one attached hydrogen (secondary N) is 2. The first-order valence-corrected chi connectivity index (χ1v) is 10.3. The van der Waals surface area contributed by atoms with Crippen molar-refractivity contribution >= 4 is 45.2 Å². The fourth-order valence-electron chi connectivity index (χ4n) is 4.33. The summed E-state index contributed by atoms with van der Waals surface area (Å²) in [4.78, 5) is 30.8. The van der Waals surface area contributed by atoms with Gasteiger partial charge < -0.3 is 15.0 Å². The summed E-state index contributed by atoms with van der Waals surface area (Å²) >= 11 is 6.41. The largest absolute Gasteiger partial charge is 0.387 e. The van der Waals surface area contributed by atoms with E-state index < -0.39 is 17.9 Å². The predicted molar refractivity (Wildman–Crippen MR) is 122 cm³/mol. The van der Waals surface area contributed by atoms with Crippen molar-refractivity contribution in [3.05, 3.63) is 70.2 Å². The maximum absolute atomic E-state index is 12.8. The summed E-state index contributed by atoms with van der Waals surface area (Å²) < 4.78 is 0. The number of aromatic amines is 1. The fourth-order valence-corrected chi connectivity index (χ4v) is 4.56. The molecule has 6 nitrogen and oxygen atoms in total. The van der Waals surface area contributed by atoms with E-state index in [4.69, 9.17) is 11.6 Å². The van der Waals surface area contributed by atoms with Crippen molar-refractivity contribution in [2.24, 2.45) is 0 Å². The van der Waals surface area contributed by atoms with Gasteiger partial charge in [0.2, 0.25) is 0 Å². The second-order valence-electron chi connectivity index (χ2n) is 8.07. The molecule has 1 unspecified atom stereocenters. The molecule has 156 valence electrons. The fraction of sp³-hybridized carbons (Fsp3) is 0.167. The number of benzene rings is 3. The van der Waals surface area contributed by atoms with Crippen LogP contribution in [0.15, 0.2) is 48.5 Å². The minimum Gasteiger partial charge on any atom is -0.387 e. The molecule has 2 heterocycles. The molecular formula is C24H20ClN3O3. The number of carbonyl (C=O) groups is 2. The Hall–Kier alpha value is -3.19. The molecule has 0 spiro atoms. The summed E-state index contributed by atoms with van der Waals surface area (Å²) in [6.07, 6.45) is -0.671. The lowest BCUT2D eigenvalue weighted by molar-refractivity contribution is 0.0880. The number of halogens is 1. The molecule has 7 heteroatoms. The highest BCUT2D eigenvalue weighted by atomic mass is 35.5. The van der Waals surface area contributed by atoms with Crippen LogP contribution in [0, 0.1) is 0 Å². The van der Waals surface area contributed by atoms with Gasteiger partial charge in [-0.25, -0.2) is 0 Å². The maximum Gasteiger partial charge on any atom is 0.259 e. The molecule has 1 aliphatic rings. The minimum absolute atomic E-state index is 0.325. The van der Waals surface area contributed by atoms with Crippen LogP contribution in [0.25, 0.3) is 32.9 Å². The lowest BCUT2D eigenvalue weighted by Gasteiger charge is -2.16. The molecule has 0 saturated heterocycles. The standard InChI is InChI=1S/C24H20ClN3O3/c1-28(2)11-19(29)12-7-8-17-15(9-12)20-18(26-17)10-14(13-5-3-4-6-16(13)25)21-22(20)24(31)27-23(21)30/h3-10,19,26,29H,11H2,1-2H3,(H,27,30,31). The Morgan fingerprint density at radius 1 is 0.968 bits per heavy atom. The van der Waals surface area contributed by atoms with Crippen molar-refractivity contribution in [3.63, 3.8) is 0 Å². The topological polar surface area (TPSA) is 85.4 Å². The monoisotopic (exact) mass is 433 g/mol. The summed E-state index contributed by atoms with van der Waals surface area (Å²) in [5.41, 5.74) is 4.25. The van der Waals surface area contributed by atoms with E-state index in [1.165, 1.54) is 0 Å². The van der Waals surface area contributed by atoms with Crippen LogP contribution >= 0.6 is 11.6 Å². The molecule has 0 radical (unpaired) electrons. The van der Waals surface area contributed by atoms with E-state index in [-0.39, 0.29) is 0 Å². The number of amides is 2. The number of fused-ring (bicyclic) bond motifs is 5. The zero-order valence-corrected chi connectivity index (χ0v) is 17.7. The smallest absolute Gasteiger partial charge is 0.259 e. The van der Waals surface area contributed by atoms with E-state index in [1.54, 1.807) is 6.07 Å². The van der Waals surface area contributed by atoms with Crippen molar-refractivity contribution in [1.29, 1.82) is 0 Å². The van der Waals surface area contributed by atoms with Gasteiger partial charge in [-0.2, -0.15) is 0 Å². The van der Waals surface area contributed by atoms with Crippen molar-refractivity contribution in [2.45, 2.75) is 6.10 Å².